The second-order valence-corrected chi connectivity index (χ2v) is 10.8. The smallest absolute Gasteiger partial charge is 0.212 e. The molecule has 1 saturated heterocycles. The maximum atomic E-state index is 14.4. The number of allylic oxidation sites excluding steroid dienone is 2. The summed E-state index contributed by atoms with van der Waals surface area (Å²) in [4.78, 5) is 2.10. The van der Waals surface area contributed by atoms with Gasteiger partial charge in [0.25, 0.3) is 0 Å². The Morgan fingerprint density at radius 3 is 2.84 bits per heavy atom. The lowest BCUT2D eigenvalue weighted by molar-refractivity contribution is 0.336. The Bertz CT molecular complexity index is 1290. The van der Waals surface area contributed by atoms with Crippen LogP contribution >= 0.6 is 0 Å². The van der Waals surface area contributed by atoms with E-state index in [2.05, 4.69) is 21.5 Å². The minimum atomic E-state index is -3.24. The van der Waals surface area contributed by atoms with Gasteiger partial charge in [0.1, 0.15) is 5.82 Å². The molecule has 1 aromatic rings. The van der Waals surface area contributed by atoms with Gasteiger partial charge in [0.2, 0.25) is 10.0 Å². The maximum absolute atomic E-state index is 14.4. The van der Waals surface area contributed by atoms with Crippen molar-refractivity contribution >= 4 is 27.4 Å². The van der Waals surface area contributed by atoms with Crippen molar-refractivity contribution in [2.75, 3.05) is 19.8 Å². The van der Waals surface area contributed by atoms with E-state index in [1.165, 1.54) is 6.26 Å². The van der Waals surface area contributed by atoms with E-state index in [-0.39, 0.29) is 17.9 Å². The fourth-order valence-electron chi connectivity index (χ4n) is 5.67. The average Bonchev–Trinajstić information content (AvgIpc) is 3.18. The molecule has 1 aliphatic carbocycles. The van der Waals surface area contributed by atoms with Crippen LogP contribution in [0.5, 0.6) is 0 Å². The fourth-order valence-corrected chi connectivity index (χ4v) is 7.05. The third-order valence-corrected chi connectivity index (χ3v) is 8.15. The van der Waals surface area contributed by atoms with E-state index in [4.69, 9.17) is 0 Å². The standard InChI is InChI=1S/C23H23FN4O2S/c1-27-11-19(14-8-16-4-5-17(9-14)28(16)31(2,29)30)23-20(12-27)18-10-15(24)7-13-3-6-21(22(13)18)25-26-23/h3,6-8,10,12,16-17,26H,4-5,9,11H2,1-2H3/t16-,17+/m1/s1. The van der Waals surface area contributed by atoms with Gasteiger partial charge in [-0.3, -0.25) is 5.43 Å². The SMILES string of the molecule is CN1C=C2C(=C(C3=C[C@H]4CC[C@@H](C3)N4S(C)(=O)=O)C1)NN=C1C=Cc3cc(F)cc2c31. The van der Waals surface area contributed by atoms with Crippen LogP contribution in [-0.4, -0.2) is 55.3 Å². The molecule has 0 aromatic heterocycles. The van der Waals surface area contributed by atoms with Gasteiger partial charge in [0.15, 0.2) is 0 Å². The zero-order chi connectivity index (χ0) is 21.5. The van der Waals surface area contributed by atoms with Gasteiger partial charge in [0, 0.05) is 48.6 Å². The lowest BCUT2D eigenvalue weighted by Gasteiger charge is -2.35. The van der Waals surface area contributed by atoms with Gasteiger partial charge in [-0.25, -0.2) is 12.8 Å². The number of benzene rings is 1. The number of hydrogen-bond donors (Lipinski definition) is 1. The number of nitrogens with zero attached hydrogens (tertiary/aromatic N) is 3. The number of fused-ring (bicyclic) bond motifs is 4. The zero-order valence-corrected chi connectivity index (χ0v) is 18.2. The van der Waals surface area contributed by atoms with E-state index in [9.17, 15) is 12.8 Å². The van der Waals surface area contributed by atoms with Gasteiger partial charge in [-0.15, -0.1) is 0 Å². The van der Waals surface area contributed by atoms with Gasteiger partial charge < -0.3 is 4.90 Å². The first-order valence-corrected chi connectivity index (χ1v) is 12.4. The minimum Gasteiger partial charge on any atom is -0.375 e. The van der Waals surface area contributed by atoms with E-state index in [0.29, 0.717) is 13.0 Å². The molecule has 4 aliphatic heterocycles. The van der Waals surface area contributed by atoms with E-state index in [1.54, 1.807) is 16.4 Å². The Kier molecular flexibility index (Phi) is 3.92. The second-order valence-electron chi connectivity index (χ2n) is 8.96. The summed E-state index contributed by atoms with van der Waals surface area (Å²) in [6, 6.07) is 3.03. The molecule has 5 aliphatic rings. The van der Waals surface area contributed by atoms with Crippen LogP contribution in [0.4, 0.5) is 4.39 Å². The Labute approximate surface area is 181 Å². The van der Waals surface area contributed by atoms with E-state index in [1.807, 2.05) is 25.4 Å². The monoisotopic (exact) mass is 438 g/mol. The average molecular weight is 439 g/mol. The predicted octanol–water partition coefficient (Wildman–Crippen LogP) is 2.82. The molecule has 0 saturated carbocycles. The molecule has 160 valence electrons. The van der Waals surface area contributed by atoms with E-state index >= 15 is 0 Å². The molecule has 8 heteroatoms. The van der Waals surface area contributed by atoms with Crippen LogP contribution < -0.4 is 5.43 Å². The summed E-state index contributed by atoms with van der Waals surface area (Å²) in [5.74, 6) is -0.268. The minimum absolute atomic E-state index is 0.00393. The number of nitrogens with one attached hydrogen (secondary N) is 1. The number of hydrogen-bond acceptors (Lipinski definition) is 5. The van der Waals surface area contributed by atoms with Crippen LogP contribution in [0.1, 0.15) is 36.0 Å². The second kappa shape index (κ2) is 6.40. The molecule has 0 amide bonds. The molecular formula is C23H23FN4O2S. The third-order valence-electron chi connectivity index (χ3n) is 6.82. The van der Waals surface area contributed by atoms with Crippen molar-refractivity contribution < 1.29 is 12.8 Å². The third kappa shape index (κ3) is 2.85. The maximum Gasteiger partial charge on any atom is 0.212 e. The molecule has 1 fully saturated rings. The summed E-state index contributed by atoms with van der Waals surface area (Å²) in [6.45, 7) is 0.689. The van der Waals surface area contributed by atoms with Crippen molar-refractivity contribution in [3.05, 3.63) is 69.8 Å². The van der Waals surface area contributed by atoms with Crippen LogP contribution in [0.15, 0.2) is 52.4 Å². The number of hydrazone groups is 1. The topological polar surface area (TPSA) is 65.0 Å². The highest BCUT2D eigenvalue weighted by Crippen LogP contribution is 2.43. The van der Waals surface area contributed by atoms with E-state index < -0.39 is 10.0 Å². The lowest BCUT2D eigenvalue weighted by atomic mass is 9.87. The van der Waals surface area contributed by atoms with E-state index in [0.717, 1.165) is 57.7 Å². The van der Waals surface area contributed by atoms with Crippen LogP contribution in [0.25, 0.3) is 11.6 Å². The Morgan fingerprint density at radius 2 is 2.06 bits per heavy atom. The normalized spacial score (nSPS) is 26.7. The quantitative estimate of drug-likeness (QED) is 0.771. The molecule has 2 atom stereocenters. The van der Waals surface area contributed by atoms with Gasteiger partial charge >= 0.3 is 0 Å². The van der Waals surface area contributed by atoms with Crippen LogP contribution in [0.2, 0.25) is 0 Å². The van der Waals surface area contributed by atoms with Crippen molar-refractivity contribution in [2.45, 2.75) is 31.3 Å². The number of sulfonamides is 1. The van der Waals surface area contributed by atoms with Crippen molar-refractivity contribution in [3.63, 3.8) is 0 Å². The first-order chi connectivity index (χ1) is 14.8. The molecule has 6 nitrogen and oxygen atoms in total. The summed E-state index contributed by atoms with van der Waals surface area (Å²) in [5.41, 5.74) is 10.8. The predicted molar refractivity (Wildman–Crippen MR) is 119 cm³/mol. The van der Waals surface area contributed by atoms with Gasteiger partial charge in [-0.2, -0.15) is 9.41 Å². The van der Waals surface area contributed by atoms with Gasteiger partial charge in [-0.05, 0) is 54.2 Å². The highest BCUT2D eigenvalue weighted by molar-refractivity contribution is 7.88. The molecule has 2 bridgehead atoms. The van der Waals surface area contributed by atoms with Crippen LogP contribution in [-0.2, 0) is 10.0 Å². The fraction of sp³-hybridized carbons (Fsp3) is 0.348. The van der Waals surface area contributed by atoms with Gasteiger partial charge in [-0.1, -0.05) is 12.2 Å². The number of rotatable bonds is 2. The summed E-state index contributed by atoms with van der Waals surface area (Å²) >= 11 is 0. The highest BCUT2D eigenvalue weighted by atomic mass is 32.2. The number of halogens is 1. The Morgan fingerprint density at radius 1 is 1.23 bits per heavy atom. The summed E-state index contributed by atoms with van der Waals surface area (Å²) in [5, 5.41) is 4.63. The Balaban J connectivity index is 1.51. The molecule has 1 N–H and O–H groups in total. The molecule has 6 rings (SSSR count). The largest absolute Gasteiger partial charge is 0.375 e. The van der Waals surface area contributed by atoms with Crippen LogP contribution in [0, 0.1) is 5.82 Å². The first-order valence-electron chi connectivity index (χ1n) is 10.5. The van der Waals surface area contributed by atoms with Crippen molar-refractivity contribution in [1.82, 2.24) is 14.6 Å². The molecule has 0 spiro atoms. The van der Waals surface area contributed by atoms with Crippen molar-refractivity contribution in [3.8, 4) is 0 Å². The molecule has 31 heavy (non-hydrogen) atoms. The number of likely N-dealkylation sites (N-methyl/N-ethyl adjacent to an activating group) is 1. The summed E-state index contributed by atoms with van der Waals surface area (Å²) < 4.78 is 40.7. The summed E-state index contributed by atoms with van der Waals surface area (Å²) in [6.07, 6.45) is 11.7. The highest BCUT2D eigenvalue weighted by Gasteiger charge is 2.43. The van der Waals surface area contributed by atoms with Crippen molar-refractivity contribution in [1.29, 1.82) is 0 Å². The molecule has 1 aromatic carbocycles. The Hall–Kier alpha value is -2.71. The first kappa shape index (κ1) is 19.0. The zero-order valence-electron chi connectivity index (χ0n) is 17.4. The molecule has 0 unspecified atom stereocenters. The summed E-state index contributed by atoms with van der Waals surface area (Å²) in [7, 11) is -1.23. The lowest BCUT2D eigenvalue weighted by Crippen LogP contribution is -2.43. The van der Waals surface area contributed by atoms with Crippen molar-refractivity contribution in [2.24, 2.45) is 5.10 Å². The molecular weight excluding hydrogens is 415 g/mol. The molecule has 0 radical (unpaired) electrons. The molecule has 4 heterocycles. The van der Waals surface area contributed by atoms with Crippen LogP contribution in [0.3, 0.4) is 0 Å². The van der Waals surface area contributed by atoms with Gasteiger partial charge in [0.05, 0.1) is 17.7 Å².